The third-order valence-corrected chi connectivity index (χ3v) is 4.90. The fraction of sp³-hybridized carbons (Fsp3) is 0.462. The molecule has 1 amide bonds. The normalized spacial score (nSPS) is 14.8. The minimum absolute atomic E-state index is 0.0547. The number of anilines is 2. The molecule has 0 aromatic heterocycles. The van der Waals surface area contributed by atoms with E-state index in [1.807, 2.05) is 6.92 Å². The molecule has 0 fully saturated rings. The van der Waals surface area contributed by atoms with Crippen LogP contribution in [0.5, 0.6) is 5.75 Å². The number of carbonyl (C=O) groups excluding carboxylic acids is 1. The quantitative estimate of drug-likeness (QED) is 0.813. The molecule has 1 aromatic carbocycles. The van der Waals surface area contributed by atoms with E-state index in [9.17, 15) is 13.2 Å². The van der Waals surface area contributed by atoms with Gasteiger partial charge in [-0.15, -0.1) is 0 Å². The number of nitrogens with zero attached hydrogens (tertiary/aromatic N) is 1. The number of amides is 1. The number of nitrogen functional groups attached to an aromatic ring is 1. The average molecular weight is 298 g/mol. The molecule has 1 aliphatic heterocycles. The monoisotopic (exact) mass is 298 g/mol. The Hall–Kier alpha value is -1.76. The summed E-state index contributed by atoms with van der Waals surface area (Å²) in [5.41, 5.74) is 6.75. The van der Waals surface area contributed by atoms with Gasteiger partial charge in [0.2, 0.25) is 0 Å². The van der Waals surface area contributed by atoms with Crippen LogP contribution in [0.3, 0.4) is 0 Å². The molecule has 7 heteroatoms. The van der Waals surface area contributed by atoms with Crippen LogP contribution in [0.1, 0.15) is 13.3 Å². The van der Waals surface area contributed by atoms with Gasteiger partial charge in [0.25, 0.3) is 5.91 Å². The van der Waals surface area contributed by atoms with E-state index in [1.165, 1.54) is 4.90 Å². The van der Waals surface area contributed by atoms with Crippen molar-refractivity contribution in [1.29, 1.82) is 0 Å². The molecule has 0 bridgehead atoms. The summed E-state index contributed by atoms with van der Waals surface area (Å²) in [4.78, 5) is 13.3. The Morgan fingerprint density at radius 1 is 1.35 bits per heavy atom. The van der Waals surface area contributed by atoms with Gasteiger partial charge in [-0.1, -0.05) is 6.92 Å². The minimum Gasteiger partial charge on any atom is -0.482 e. The third kappa shape index (κ3) is 3.22. The molecular formula is C13H18N2O4S. The zero-order valence-corrected chi connectivity index (χ0v) is 12.1. The van der Waals surface area contributed by atoms with Gasteiger partial charge >= 0.3 is 0 Å². The minimum atomic E-state index is -3.13. The number of sulfone groups is 1. The number of carbonyl (C=O) groups is 1. The molecule has 1 heterocycles. The molecule has 1 aliphatic rings. The van der Waals surface area contributed by atoms with Gasteiger partial charge in [-0.05, 0) is 24.6 Å². The first-order chi connectivity index (χ1) is 9.43. The van der Waals surface area contributed by atoms with Crippen LogP contribution in [0.4, 0.5) is 11.4 Å². The van der Waals surface area contributed by atoms with Gasteiger partial charge < -0.3 is 15.4 Å². The molecule has 0 aliphatic carbocycles. The maximum absolute atomic E-state index is 11.9. The number of hydrogen-bond donors (Lipinski definition) is 1. The highest BCUT2D eigenvalue weighted by atomic mass is 32.2. The molecule has 0 unspecified atom stereocenters. The molecule has 0 atom stereocenters. The average Bonchev–Trinajstić information content (AvgIpc) is 2.37. The Balaban J connectivity index is 2.20. The molecule has 2 rings (SSSR count). The Labute approximate surface area is 118 Å². The van der Waals surface area contributed by atoms with Crippen LogP contribution < -0.4 is 15.4 Å². The lowest BCUT2D eigenvalue weighted by molar-refractivity contribution is -0.121. The Morgan fingerprint density at radius 2 is 2.10 bits per heavy atom. The van der Waals surface area contributed by atoms with Crippen LogP contribution in [-0.2, 0) is 14.6 Å². The van der Waals surface area contributed by atoms with Gasteiger partial charge in [-0.3, -0.25) is 4.79 Å². The van der Waals surface area contributed by atoms with Gasteiger partial charge in [0.05, 0.1) is 11.4 Å². The fourth-order valence-corrected chi connectivity index (χ4v) is 3.39. The molecule has 6 nitrogen and oxygen atoms in total. The third-order valence-electron chi connectivity index (χ3n) is 3.07. The molecule has 0 saturated carbocycles. The van der Waals surface area contributed by atoms with Crippen molar-refractivity contribution in [2.24, 2.45) is 0 Å². The smallest absolute Gasteiger partial charge is 0.265 e. The summed E-state index contributed by atoms with van der Waals surface area (Å²) in [5.74, 6) is 0.373. The summed E-state index contributed by atoms with van der Waals surface area (Å²) in [5, 5.41) is 0. The van der Waals surface area contributed by atoms with Crippen LogP contribution >= 0.6 is 0 Å². The van der Waals surface area contributed by atoms with E-state index >= 15 is 0 Å². The maximum Gasteiger partial charge on any atom is 0.265 e. The van der Waals surface area contributed by atoms with E-state index in [2.05, 4.69) is 0 Å². The number of benzene rings is 1. The summed E-state index contributed by atoms with van der Waals surface area (Å²) in [6.45, 7) is 1.86. The Kier molecular flexibility index (Phi) is 4.17. The van der Waals surface area contributed by atoms with Crippen molar-refractivity contribution in [3.63, 3.8) is 0 Å². The zero-order chi connectivity index (χ0) is 14.8. The van der Waals surface area contributed by atoms with Gasteiger partial charge in [-0.25, -0.2) is 8.42 Å². The predicted molar refractivity (Wildman–Crippen MR) is 77.6 cm³/mol. The van der Waals surface area contributed by atoms with Gasteiger partial charge in [0.15, 0.2) is 16.4 Å². The van der Waals surface area contributed by atoms with Crippen LogP contribution in [0, 0.1) is 0 Å². The van der Waals surface area contributed by atoms with Crippen molar-refractivity contribution in [1.82, 2.24) is 0 Å². The Morgan fingerprint density at radius 3 is 2.80 bits per heavy atom. The lowest BCUT2D eigenvalue weighted by atomic mass is 10.2. The first-order valence-corrected chi connectivity index (χ1v) is 8.28. The van der Waals surface area contributed by atoms with Crippen molar-refractivity contribution in [2.45, 2.75) is 13.3 Å². The number of fused-ring (bicyclic) bond motifs is 1. The van der Waals surface area contributed by atoms with Gasteiger partial charge in [0, 0.05) is 18.0 Å². The highest BCUT2D eigenvalue weighted by molar-refractivity contribution is 7.91. The second-order valence-corrected chi connectivity index (χ2v) is 7.02. The molecule has 1 aromatic rings. The summed E-state index contributed by atoms with van der Waals surface area (Å²) >= 11 is 0. The zero-order valence-electron chi connectivity index (χ0n) is 11.3. The number of hydrogen-bond acceptors (Lipinski definition) is 5. The van der Waals surface area contributed by atoms with E-state index in [-0.39, 0.29) is 30.6 Å². The largest absolute Gasteiger partial charge is 0.482 e. The molecule has 0 saturated heterocycles. The van der Waals surface area contributed by atoms with E-state index < -0.39 is 9.84 Å². The van der Waals surface area contributed by atoms with E-state index in [1.54, 1.807) is 18.2 Å². The van der Waals surface area contributed by atoms with Crippen molar-refractivity contribution < 1.29 is 17.9 Å². The summed E-state index contributed by atoms with van der Waals surface area (Å²) in [7, 11) is -3.13. The van der Waals surface area contributed by atoms with E-state index in [0.717, 1.165) is 0 Å². The maximum atomic E-state index is 11.9. The molecule has 20 heavy (non-hydrogen) atoms. The van der Waals surface area contributed by atoms with Gasteiger partial charge in [0.1, 0.15) is 5.75 Å². The summed E-state index contributed by atoms with van der Waals surface area (Å²) in [6, 6.07) is 4.99. The SMILES string of the molecule is CCCS(=O)(=O)CCN1C(=O)COc2ccc(N)cc21. The standard InChI is InChI=1S/C13H18N2O4S/c1-2-6-20(17,18)7-5-15-11-8-10(14)3-4-12(11)19-9-13(15)16/h3-4,8H,2,5-7,9,14H2,1H3. The lowest BCUT2D eigenvalue weighted by Gasteiger charge is -2.29. The molecule has 0 spiro atoms. The predicted octanol–water partition coefficient (Wildman–Crippen LogP) is 0.819. The number of rotatable bonds is 5. The van der Waals surface area contributed by atoms with Crippen LogP contribution in [0.2, 0.25) is 0 Å². The number of ether oxygens (including phenoxy) is 1. The number of nitrogens with two attached hydrogens (primary N) is 1. The summed E-state index contributed by atoms with van der Waals surface area (Å²) in [6.07, 6.45) is 0.572. The summed E-state index contributed by atoms with van der Waals surface area (Å²) < 4.78 is 28.8. The van der Waals surface area contributed by atoms with Gasteiger partial charge in [-0.2, -0.15) is 0 Å². The molecule has 2 N–H and O–H groups in total. The fourth-order valence-electron chi connectivity index (χ4n) is 2.11. The first-order valence-electron chi connectivity index (χ1n) is 6.46. The highest BCUT2D eigenvalue weighted by Crippen LogP contribution is 2.33. The van der Waals surface area contributed by atoms with Crippen molar-refractivity contribution in [2.75, 3.05) is 35.3 Å². The van der Waals surface area contributed by atoms with Crippen LogP contribution in [0.15, 0.2) is 18.2 Å². The molecule has 0 radical (unpaired) electrons. The van der Waals surface area contributed by atoms with Crippen LogP contribution in [0.25, 0.3) is 0 Å². The first kappa shape index (κ1) is 14.6. The molecular weight excluding hydrogens is 280 g/mol. The van der Waals surface area contributed by atoms with E-state index in [4.69, 9.17) is 10.5 Å². The van der Waals surface area contributed by atoms with E-state index in [0.29, 0.717) is 23.5 Å². The Bertz CT molecular complexity index is 613. The molecule has 110 valence electrons. The highest BCUT2D eigenvalue weighted by Gasteiger charge is 2.26. The van der Waals surface area contributed by atoms with Crippen LogP contribution in [-0.4, -0.2) is 39.0 Å². The van der Waals surface area contributed by atoms with Crippen molar-refractivity contribution in [3.8, 4) is 5.75 Å². The van der Waals surface area contributed by atoms with Crippen molar-refractivity contribution in [3.05, 3.63) is 18.2 Å². The van der Waals surface area contributed by atoms with Crippen molar-refractivity contribution >= 4 is 27.1 Å². The second-order valence-electron chi connectivity index (χ2n) is 4.71. The second kappa shape index (κ2) is 5.70. The lowest BCUT2D eigenvalue weighted by Crippen LogP contribution is -2.41. The topological polar surface area (TPSA) is 89.7 Å².